The summed E-state index contributed by atoms with van der Waals surface area (Å²) in [7, 11) is -3.81. The lowest BCUT2D eigenvalue weighted by Gasteiger charge is -2.08. The van der Waals surface area contributed by atoms with E-state index in [1.54, 1.807) is 0 Å². The topological polar surface area (TPSA) is 89.3 Å². The molecular weight excluding hydrogens is 344 g/mol. The van der Waals surface area contributed by atoms with E-state index in [9.17, 15) is 13.2 Å². The van der Waals surface area contributed by atoms with E-state index in [4.69, 9.17) is 5.14 Å². The first kappa shape index (κ1) is 17.1. The van der Waals surface area contributed by atoms with E-state index < -0.39 is 10.0 Å². The molecule has 0 heterocycles. The molecule has 1 amide bonds. The maximum absolute atomic E-state index is 12.0. The maximum atomic E-state index is 12.0. The highest BCUT2D eigenvalue weighted by Gasteiger charge is 2.15. The van der Waals surface area contributed by atoms with Gasteiger partial charge in [-0.15, -0.1) is 0 Å². The van der Waals surface area contributed by atoms with E-state index in [1.807, 2.05) is 0 Å². The molecule has 0 spiro atoms. The van der Waals surface area contributed by atoms with Gasteiger partial charge in [0.1, 0.15) is 0 Å². The van der Waals surface area contributed by atoms with Crippen molar-refractivity contribution >= 4 is 31.9 Å². The third kappa shape index (κ3) is 5.22. The molecule has 1 aromatic rings. The zero-order valence-corrected chi connectivity index (χ0v) is 13.8. The highest BCUT2D eigenvalue weighted by Crippen LogP contribution is 2.20. The molecular formula is C13H19BrN2O3S. The Morgan fingerprint density at radius 2 is 2.00 bits per heavy atom. The molecule has 0 aliphatic carbocycles. The van der Waals surface area contributed by atoms with Crippen molar-refractivity contribution < 1.29 is 13.2 Å². The average molecular weight is 363 g/mol. The molecule has 0 aromatic heterocycles. The summed E-state index contributed by atoms with van der Waals surface area (Å²) in [6, 6.07) is 4.14. The minimum atomic E-state index is -3.81. The highest BCUT2D eigenvalue weighted by atomic mass is 79.9. The van der Waals surface area contributed by atoms with E-state index in [-0.39, 0.29) is 16.4 Å². The predicted octanol–water partition coefficient (Wildman–Crippen LogP) is 2.41. The van der Waals surface area contributed by atoms with Crippen LogP contribution in [0.25, 0.3) is 0 Å². The monoisotopic (exact) mass is 362 g/mol. The second-order valence-corrected chi connectivity index (χ2v) is 6.92. The molecule has 0 radical (unpaired) electrons. The van der Waals surface area contributed by atoms with Crippen molar-refractivity contribution in [3.63, 3.8) is 0 Å². The first-order valence-corrected chi connectivity index (χ1v) is 8.80. The van der Waals surface area contributed by atoms with E-state index in [0.29, 0.717) is 11.0 Å². The molecule has 1 rings (SSSR count). The number of primary sulfonamides is 1. The lowest BCUT2D eigenvalue weighted by atomic mass is 10.2. The van der Waals surface area contributed by atoms with Gasteiger partial charge in [-0.25, -0.2) is 13.6 Å². The van der Waals surface area contributed by atoms with E-state index in [2.05, 4.69) is 28.2 Å². The van der Waals surface area contributed by atoms with Crippen LogP contribution in [0.2, 0.25) is 0 Å². The van der Waals surface area contributed by atoms with Crippen molar-refractivity contribution in [1.82, 2.24) is 5.32 Å². The summed E-state index contributed by atoms with van der Waals surface area (Å²) in [5, 5.41) is 7.83. The predicted molar refractivity (Wildman–Crippen MR) is 82.0 cm³/mol. The second-order valence-electron chi connectivity index (χ2n) is 4.50. The zero-order chi connectivity index (χ0) is 15.2. The van der Waals surface area contributed by atoms with Gasteiger partial charge in [-0.2, -0.15) is 0 Å². The summed E-state index contributed by atoms with van der Waals surface area (Å²) >= 11 is 3.24. The Morgan fingerprint density at radius 3 is 2.60 bits per heavy atom. The molecule has 112 valence electrons. The van der Waals surface area contributed by atoms with Crippen LogP contribution in [0.3, 0.4) is 0 Å². The third-order valence-electron chi connectivity index (χ3n) is 2.83. The van der Waals surface area contributed by atoms with Crippen LogP contribution in [0.5, 0.6) is 0 Å². The number of hydrogen-bond acceptors (Lipinski definition) is 3. The van der Waals surface area contributed by atoms with Gasteiger partial charge in [-0.05, 0) is 40.5 Å². The number of rotatable bonds is 7. The van der Waals surface area contributed by atoms with Gasteiger partial charge in [-0.1, -0.05) is 26.2 Å². The Hall–Kier alpha value is -0.920. The summed E-state index contributed by atoms with van der Waals surface area (Å²) in [6.07, 6.45) is 4.25. The summed E-state index contributed by atoms with van der Waals surface area (Å²) in [5.74, 6) is -0.307. The number of halogens is 1. The Balaban J connectivity index is 2.72. The van der Waals surface area contributed by atoms with Crippen molar-refractivity contribution in [1.29, 1.82) is 0 Å². The van der Waals surface area contributed by atoms with E-state index in [1.165, 1.54) is 18.2 Å². The summed E-state index contributed by atoms with van der Waals surface area (Å²) in [5.41, 5.74) is 0.270. The Labute approximate surface area is 128 Å². The van der Waals surface area contributed by atoms with Crippen molar-refractivity contribution in [2.75, 3.05) is 6.54 Å². The minimum absolute atomic E-state index is 0.0724. The number of carbonyl (C=O) groups excluding carboxylic acids is 1. The molecule has 0 unspecified atom stereocenters. The van der Waals surface area contributed by atoms with Crippen LogP contribution in [-0.4, -0.2) is 20.9 Å². The van der Waals surface area contributed by atoms with Crippen molar-refractivity contribution in [3.05, 3.63) is 28.2 Å². The summed E-state index contributed by atoms with van der Waals surface area (Å²) < 4.78 is 23.1. The molecule has 1 aromatic carbocycles. The molecule has 0 fully saturated rings. The molecule has 0 aliphatic heterocycles. The minimum Gasteiger partial charge on any atom is -0.352 e. The maximum Gasteiger partial charge on any atom is 0.252 e. The fourth-order valence-electron chi connectivity index (χ4n) is 1.70. The van der Waals surface area contributed by atoms with Gasteiger partial charge in [0.25, 0.3) is 5.91 Å². The van der Waals surface area contributed by atoms with Crippen LogP contribution < -0.4 is 10.5 Å². The van der Waals surface area contributed by atoms with Crippen molar-refractivity contribution in [3.8, 4) is 0 Å². The smallest absolute Gasteiger partial charge is 0.252 e. The second kappa shape index (κ2) is 7.75. The summed E-state index contributed by atoms with van der Waals surface area (Å²) in [6.45, 7) is 2.69. The van der Waals surface area contributed by atoms with E-state index in [0.717, 1.165) is 25.7 Å². The van der Waals surface area contributed by atoms with Crippen molar-refractivity contribution in [2.45, 2.75) is 37.5 Å². The Kier molecular flexibility index (Phi) is 6.64. The first-order valence-electron chi connectivity index (χ1n) is 6.46. The van der Waals surface area contributed by atoms with Crippen LogP contribution in [0.4, 0.5) is 0 Å². The van der Waals surface area contributed by atoms with Gasteiger partial charge < -0.3 is 5.32 Å². The Morgan fingerprint density at radius 1 is 1.30 bits per heavy atom. The fourth-order valence-corrected chi connectivity index (χ4v) is 2.67. The normalized spacial score (nSPS) is 11.3. The number of hydrogen-bond donors (Lipinski definition) is 2. The summed E-state index contributed by atoms with van der Waals surface area (Å²) in [4.78, 5) is 11.9. The Bertz CT molecular complexity index is 573. The number of sulfonamides is 1. The highest BCUT2D eigenvalue weighted by molar-refractivity contribution is 9.10. The lowest BCUT2D eigenvalue weighted by Crippen LogP contribution is -2.25. The average Bonchev–Trinajstić information content (AvgIpc) is 2.37. The lowest BCUT2D eigenvalue weighted by molar-refractivity contribution is 0.0952. The van der Waals surface area contributed by atoms with Crippen molar-refractivity contribution in [2.24, 2.45) is 5.14 Å². The number of nitrogens with one attached hydrogen (secondary N) is 1. The molecule has 5 nitrogen and oxygen atoms in total. The number of nitrogens with two attached hydrogens (primary N) is 1. The molecule has 3 N–H and O–H groups in total. The molecule has 0 atom stereocenters. The van der Waals surface area contributed by atoms with Crippen LogP contribution in [0.1, 0.15) is 43.0 Å². The van der Waals surface area contributed by atoms with Gasteiger partial charge in [0.15, 0.2) is 0 Å². The molecule has 0 bridgehead atoms. The zero-order valence-electron chi connectivity index (χ0n) is 11.4. The van der Waals surface area contributed by atoms with Gasteiger partial charge in [0.05, 0.1) is 10.5 Å². The number of carbonyl (C=O) groups is 1. The van der Waals surface area contributed by atoms with Gasteiger partial charge in [-0.3, -0.25) is 4.79 Å². The van der Waals surface area contributed by atoms with Crippen LogP contribution >= 0.6 is 15.9 Å². The molecule has 0 saturated carbocycles. The largest absolute Gasteiger partial charge is 0.352 e. The number of benzene rings is 1. The number of amides is 1. The molecule has 20 heavy (non-hydrogen) atoms. The van der Waals surface area contributed by atoms with Crippen LogP contribution in [-0.2, 0) is 10.0 Å². The van der Waals surface area contributed by atoms with E-state index >= 15 is 0 Å². The SMILES string of the molecule is CCCCCCNC(=O)c1cc(S(N)(=O)=O)ccc1Br. The van der Waals surface area contributed by atoms with Gasteiger partial charge in [0.2, 0.25) is 10.0 Å². The van der Waals surface area contributed by atoms with Crippen LogP contribution in [0, 0.1) is 0 Å². The first-order chi connectivity index (χ1) is 9.36. The molecule has 7 heteroatoms. The molecule has 0 saturated heterocycles. The van der Waals surface area contributed by atoms with Gasteiger partial charge >= 0.3 is 0 Å². The fraction of sp³-hybridized carbons (Fsp3) is 0.462. The number of unbranched alkanes of at least 4 members (excludes halogenated alkanes) is 3. The third-order valence-corrected chi connectivity index (χ3v) is 4.43. The standard InChI is InChI=1S/C13H19BrN2O3S/c1-2-3-4-5-8-16-13(17)11-9-10(20(15,18)19)6-7-12(11)14/h6-7,9H,2-5,8H2,1H3,(H,16,17)(H2,15,18,19). The van der Waals surface area contributed by atoms with Gasteiger partial charge in [0, 0.05) is 11.0 Å². The molecule has 0 aliphatic rings. The quantitative estimate of drug-likeness (QED) is 0.729. The van der Waals surface area contributed by atoms with Crippen LogP contribution in [0.15, 0.2) is 27.6 Å².